The summed E-state index contributed by atoms with van der Waals surface area (Å²) >= 11 is 0. The second-order valence-corrected chi connectivity index (χ2v) is 28.2. The molecular formula is C82H143NO18. The molecule has 0 aromatic rings. The van der Waals surface area contributed by atoms with Gasteiger partial charge in [-0.3, -0.25) is 4.79 Å². The lowest BCUT2D eigenvalue weighted by Gasteiger charge is -2.48. The zero-order chi connectivity index (χ0) is 73.2. The van der Waals surface area contributed by atoms with Crippen molar-refractivity contribution in [3.63, 3.8) is 0 Å². The largest absolute Gasteiger partial charge is 0.394 e. The molecule has 0 aliphatic carbocycles. The number of allylic oxidation sites excluding steroid dienone is 16. The third-order valence-electron chi connectivity index (χ3n) is 19.4. The smallest absolute Gasteiger partial charge is 0.220 e. The van der Waals surface area contributed by atoms with Gasteiger partial charge in [0, 0.05) is 6.42 Å². The van der Waals surface area contributed by atoms with Crippen LogP contribution in [-0.2, 0) is 33.2 Å². The Bertz CT molecular complexity index is 2200. The van der Waals surface area contributed by atoms with Gasteiger partial charge in [0.05, 0.1) is 38.6 Å². The summed E-state index contributed by atoms with van der Waals surface area (Å²) in [6, 6.07) is -0.897. The molecule has 1 amide bonds. The molecule has 584 valence electrons. The van der Waals surface area contributed by atoms with E-state index in [0.29, 0.717) is 12.8 Å². The molecule has 17 atom stereocenters. The maximum Gasteiger partial charge on any atom is 0.220 e. The Morgan fingerprint density at radius 2 is 0.683 bits per heavy atom. The first-order chi connectivity index (χ1) is 49.3. The molecule has 19 nitrogen and oxygen atoms in total. The Morgan fingerprint density at radius 1 is 0.366 bits per heavy atom. The standard InChI is InChI=1S/C82H143NO18/c1-3-5-7-9-11-13-15-17-19-21-23-25-26-27-28-29-30-31-32-33-34-35-36-37-38-40-42-44-46-48-50-52-54-56-58-60-70(88)83-65(66(87)59-57-55-53-51-49-47-45-43-41-39-24-22-20-18-16-14-12-10-8-6-4-2)64-96-80-76(94)73(91)78(68(62-85)98-80)101-82-77(95)74(92)79(69(63-86)99-82)100-81-75(93)72(90)71(89)67(61-84)97-81/h5,7,11,13,17,19,23,25,27-28,30-31,33-34,36-37,65-69,71-82,84-87,89-95H,3-4,6,8-10,12,14-16,18,20-22,24,26,29,32,35,38-64H2,1-2H3,(H,83,88)/b7-5-,13-11-,19-17-,25-23-,28-27-,31-30-,34-33-,37-36-. The molecule has 3 fully saturated rings. The Balaban J connectivity index is 1.36. The van der Waals surface area contributed by atoms with Crippen LogP contribution in [0.15, 0.2) is 97.2 Å². The van der Waals surface area contributed by atoms with Crippen molar-refractivity contribution in [1.82, 2.24) is 5.32 Å². The summed E-state index contributed by atoms with van der Waals surface area (Å²) in [6.07, 6.45) is 56.2. The Kier molecular flexibility index (Phi) is 56.3. The van der Waals surface area contributed by atoms with Crippen molar-refractivity contribution in [2.24, 2.45) is 0 Å². The maximum atomic E-state index is 13.5. The molecule has 3 saturated heterocycles. The summed E-state index contributed by atoms with van der Waals surface area (Å²) in [5, 5.41) is 121. The number of unbranched alkanes of at least 4 members (excludes halogenated alkanes) is 30. The number of carbonyl (C=O) groups is 1. The van der Waals surface area contributed by atoms with E-state index in [1.807, 2.05) is 0 Å². The number of hydrogen-bond acceptors (Lipinski definition) is 18. The summed E-state index contributed by atoms with van der Waals surface area (Å²) in [4.78, 5) is 13.5. The monoisotopic (exact) mass is 1430 g/mol. The minimum atomic E-state index is -1.98. The van der Waals surface area contributed by atoms with E-state index >= 15 is 0 Å². The van der Waals surface area contributed by atoms with Gasteiger partial charge in [-0.15, -0.1) is 0 Å². The normalized spacial score (nSPS) is 26.8. The van der Waals surface area contributed by atoms with Crippen LogP contribution in [0.25, 0.3) is 0 Å². The average molecular weight is 1430 g/mol. The van der Waals surface area contributed by atoms with E-state index in [-0.39, 0.29) is 18.9 Å². The molecule has 3 aliphatic rings. The molecule has 12 N–H and O–H groups in total. The molecule has 0 saturated carbocycles. The second-order valence-electron chi connectivity index (χ2n) is 28.2. The fourth-order valence-corrected chi connectivity index (χ4v) is 13.0. The predicted octanol–water partition coefficient (Wildman–Crippen LogP) is 13.2. The van der Waals surface area contributed by atoms with Crippen LogP contribution in [0, 0.1) is 0 Å². The lowest BCUT2D eigenvalue weighted by Crippen LogP contribution is -2.66. The summed E-state index contributed by atoms with van der Waals surface area (Å²) in [5.74, 6) is -0.248. The van der Waals surface area contributed by atoms with Crippen LogP contribution in [0.1, 0.15) is 284 Å². The van der Waals surface area contributed by atoms with Crippen LogP contribution in [0.2, 0.25) is 0 Å². The number of rotatable bonds is 62. The number of aliphatic hydroxyl groups is 11. The number of carbonyl (C=O) groups excluding carboxylic acids is 1. The van der Waals surface area contributed by atoms with Gasteiger partial charge >= 0.3 is 0 Å². The van der Waals surface area contributed by atoms with Crippen LogP contribution in [-0.4, -0.2) is 193 Å². The lowest BCUT2D eigenvalue weighted by molar-refractivity contribution is -0.379. The number of nitrogens with one attached hydrogen (secondary N) is 1. The van der Waals surface area contributed by atoms with Gasteiger partial charge in [0.15, 0.2) is 18.9 Å². The minimum Gasteiger partial charge on any atom is -0.394 e. The topological polar surface area (TPSA) is 307 Å². The molecule has 3 heterocycles. The van der Waals surface area contributed by atoms with Gasteiger partial charge < -0.3 is 89.9 Å². The summed E-state index contributed by atoms with van der Waals surface area (Å²) in [6.45, 7) is 1.70. The highest BCUT2D eigenvalue weighted by atomic mass is 16.8. The van der Waals surface area contributed by atoms with Gasteiger partial charge in [-0.2, -0.15) is 0 Å². The minimum absolute atomic E-state index is 0.248. The van der Waals surface area contributed by atoms with Gasteiger partial charge in [-0.1, -0.05) is 297 Å². The first kappa shape index (κ1) is 91.9. The highest BCUT2D eigenvalue weighted by Gasteiger charge is 2.54. The van der Waals surface area contributed by atoms with E-state index in [1.165, 1.54) is 141 Å². The number of aliphatic hydroxyl groups excluding tert-OH is 11. The van der Waals surface area contributed by atoms with E-state index in [2.05, 4.69) is 116 Å². The molecule has 0 bridgehead atoms. The van der Waals surface area contributed by atoms with E-state index in [4.69, 9.17) is 28.4 Å². The van der Waals surface area contributed by atoms with Crippen LogP contribution >= 0.6 is 0 Å². The van der Waals surface area contributed by atoms with E-state index in [1.54, 1.807) is 0 Å². The SMILES string of the molecule is CC/C=C\C/C=C\C/C=C\C/C=C\C/C=C\C/C=C\C/C=C\C/C=C\CCCCCCCCCCCCC(=O)NC(COC1OC(CO)C(OC2OC(CO)C(OC3OC(CO)C(O)C(O)C3O)C(O)C2O)C(O)C1O)C(O)CCCCCCCCCCCCCCCCCCCCCCC. The number of hydrogen-bond donors (Lipinski definition) is 12. The van der Waals surface area contributed by atoms with Gasteiger partial charge in [0.1, 0.15) is 73.2 Å². The quantitative estimate of drug-likeness (QED) is 0.0199. The molecule has 0 aromatic carbocycles. The summed E-state index contributed by atoms with van der Waals surface area (Å²) in [7, 11) is 0. The zero-order valence-corrected chi connectivity index (χ0v) is 62.4. The Labute approximate surface area is 609 Å². The van der Waals surface area contributed by atoms with E-state index in [9.17, 15) is 61.0 Å². The molecule has 3 rings (SSSR count). The first-order valence-electron chi connectivity index (χ1n) is 40.0. The molecule has 19 heteroatoms. The molecule has 101 heavy (non-hydrogen) atoms. The fourth-order valence-electron chi connectivity index (χ4n) is 13.0. The maximum absolute atomic E-state index is 13.5. The first-order valence-corrected chi connectivity index (χ1v) is 40.0. The zero-order valence-electron chi connectivity index (χ0n) is 62.4. The second kappa shape index (κ2) is 61.8. The van der Waals surface area contributed by atoms with Crippen molar-refractivity contribution in [3.8, 4) is 0 Å². The van der Waals surface area contributed by atoms with Gasteiger partial charge in [-0.25, -0.2) is 0 Å². The molecule has 0 radical (unpaired) electrons. The number of amides is 1. The highest BCUT2D eigenvalue weighted by Crippen LogP contribution is 2.33. The van der Waals surface area contributed by atoms with Crippen molar-refractivity contribution >= 4 is 5.91 Å². The van der Waals surface area contributed by atoms with Gasteiger partial charge in [-0.05, 0) is 77.0 Å². The van der Waals surface area contributed by atoms with Crippen LogP contribution in [0.3, 0.4) is 0 Å². The summed E-state index contributed by atoms with van der Waals surface area (Å²) < 4.78 is 34.5. The Hall–Kier alpha value is -3.29. The highest BCUT2D eigenvalue weighted by molar-refractivity contribution is 5.76. The predicted molar refractivity (Wildman–Crippen MR) is 401 cm³/mol. The van der Waals surface area contributed by atoms with E-state index in [0.717, 1.165) is 109 Å². The van der Waals surface area contributed by atoms with Gasteiger partial charge in [0.2, 0.25) is 5.91 Å². The van der Waals surface area contributed by atoms with Crippen molar-refractivity contribution < 1.29 is 89.4 Å². The van der Waals surface area contributed by atoms with Crippen LogP contribution in [0.4, 0.5) is 0 Å². The molecule has 3 aliphatic heterocycles. The average Bonchev–Trinajstić information content (AvgIpc) is 0.782. The molecule has 0 spiro atoms. The fraction of sp³-hybridized carbons (Fsp3) is 0.793. The van der Waals surface area contributed by atoms with Crippen molar-refractivity contribution in [2.45, 2.75) is 388 Å². The van der Waals surface area contributed by atoms with Gasteiger partial charge in [0.25, 0.3) is 0 Å². The van der Waals surface area contributed by atoms with Crippen LogP contribution in [0.5, 0.6) is 0 Å². The van der Waals surface area contributed by atoms with E-state index < -0.39 is 124 Å². The third-order valence-corrected chi connectivity index (χ3v) is 19.4. The summed E-state index contributed by atoms with van der Waals surface area (Å²) in [5.41, 5.74) is 0. The van der Waals surface area contributed by atoms with Crippen molar-refractivity contribution in [3.05, 3.63) is 97.2 Å². The van der Waals surface area contributed by atoms with Crippen molar-refractivity contribution in [1.29, 1.82) is 0 Å². The lowest BCUT2D eigenvalue weighted by atomic mass is 9.96. The Morgan fingerprint density at radius 3 is 1.07 bits per heavy atom. The molecular weight excluding hydrogens is 1290 g/mol. The molecule has 0 aromatic heterocycles. The van der Waals surface area contributed by atoms with Crippen molar-refractivity contribution in [2.75, 3.05) is 26.4 Å². The van der Waals surface area contributed by atoms with Crippen LogP contribution < -0.4 is 5.32 Å². The molecule has 17 unspecified atom stereocenters. The third kappa shape index (κ3) is 42.0. The number of ether oxygens (including phenoxy) is 6.